The summed E-state index contributed by atoms with van der Waals surface area (Å²) < 4.78 is 0. The molecule has 0 spiro atoms. The molecule has 4 saturated carbocycles. The maximum atomic E-state index is 2.49. The highest BCUT2D eigenvalue weighted by Gasteiger charge is 2.74. The van der Waals surface area contributed by atoms with Gasteiger partial charge >= 0.3 is 0 Å². The van der Waals surface area contributed by atoms with Crippen LogP contribution in [0.4, 0.5) is 0 Å². The van der Waals surface area contributed by atoms with E-state index in [1.165, 1.54) is 35.5 Å². The fraction of sp³-hybridized carbons (Fsp3) is 1.00. The topological polar surface area (TPSA) is 0 Å². The first-order chi connectivity index (χ1) is 5.80. The third-order valence-electron chi connectivity index (χ3n) is 6.19. The Morgan fingerprint density at radius 2 is 1.08 bits per heavy atom. The lowest BCUT2D eigenvalue weighted by Gasteiger charge is -2.80. The molecule has 0 N–H and O–H groups in total. The van der Waals surface area contributed by atoms with Crippen molar-refractivity contribution >= 4 is 0 Å². The van der Waals surface area contributed by atoms with Gasteiger partial charge in [-0.3, -0.25) is 0 Å². The second kappa shape index (κ2) is 1.63. The molecule has 0 aliphatic heterocycles. The van der Waals surface area contributed by atoms with Crippen LogP contribution in [0.3, 0.4) is 0 Å². The maximum absolute atomic E-state index is 2.49. The van der Waals surface area contributed by atoms with Gasteiger partial charge in [-0.15, -0.1) is 0 Å². The fourth-order valence-corrected chi connectivity index (χ4v) is 5.34. The van der Waals surface area contributed by atoms with Gasteiger partial charge in [0, 0.05) is 0 Å². The number of fused-ring (bicyclic) bond motifs is 7. The number of hydrogen-bond acceptors (Lipinski definition) is 0. The number of hydrogen-bond donors (Lipinski definition) is 0. The minimum Gasteiger partial charge on any atom is -0.0620 e. The van der Waals surface area contributed by atoms with Crippen molar-refractivity contribution in [1.29, 1.82) is 0 Å². The largest absolute Gasteiger partial charge is 0.0620 e. The molecule has 0 nitrogen and oxygen atoms in total. The highest BCUT2D eigenvalue weighted by molar-refractivity contribution is 5.22. The zero-order valence-electron chi connectivity index (χ0n) is 8.03. The summed E-state index contributed by atoms with van der Waals surface area (Å²) in [4.78, 5) is 0. The molecule has 8 atom stereocenters. The van der Waals surface area contributed by atoms with Crippen molar-refractivity contribution in [3.8, 4) is 0 Å². The first-order valence-electron chi connectivity index (χ1n) is 5.80. The standard InChI is InChI=1S/C12H18/c1-5-6(2)10-9(5)11-7-3-4-8(7)12(10)11/h5-12H,3-4H2,1-2H3. The minimum absolute atomic E-state index is 1.08. The summed E-state index contributed by atoms with van der Waals surface area (Å²) in [6.07, 6.45) is 3.19. The lowest BCUT2D eigenvalue weighted by atomic mass is 9.24. The van der Waals surface area contributed by atoms with Crippen molar-refractivity contribution in [2.75, 3.05) is 0 Å². The third-order valence-corrected chi connectivity index (χ3v) is 6.19. The van der Waals surface area contributed by atoms with E-state index < -0.39 is 0 Å². The zero-order valence-corrected chi connectivity index (χ0v) is 8.03. The summed E-state index contributed by atoms with van der Waals surface area (Å²) in [5, 5.41) is 0. The van der Waals surface area contributed by atoms with E-state index in [-0.39, 0.29) is 0 Å². The molecular weight excluding hydrogens is 144 g/mol. The molecule has 0 aromatic heterocycles. The van der Waals surface area contributed by atoms with Crippen molar-refractivity contribution in [3.63, 3.8) is 0 Å². The van der Waals surface area contributed by atoms with Crippen molar-refractivity contribution in [3.05, 3.63) is 0 Å². The molecule has 0 heterocycles. The van der Waals surface area contributed by atoms with Crippen molar-refractivity contribution in [1.82, 2.24) is 0 Å². The maximum Gasteiger partial charge on any atom is -0.0315 e. The smallest absolute Gasteiger partial charge is 0.0315 e. The van der Waals surface area contributed by atoms with Crippen LogP contribution in [0.2, 0.25) is 0 Å². The third kappa shape index (κ3) is 0.400. The van der Waals surface area contributed by atoms with Gasteiger partial charge in [0.25, 0.3) is 0 Å². The molecule has 0 bridgehead atoms. The SMILES string of the molecule is CC1C(C)C2C1C1C3CCC3C21. The van der Waals surface area contributed by atoms with E-state index in [0.717, 1.165) is 11.8 Å². The molecule has 4 aliphatic rings. The normalized spacial score (nSPS) is 76.5. The molecule has 66 valence electrons. The Morgan fingerprint density at radius 1 is 0.667 bits per heavy atom. The monoisotopic (exact) mass is 162 g/mol. The second-order valence-electron chi connectivity index (χ2n) is 5.93. The molecule has 0 saturated heterocycles. The van der Waals surface area contributed by atoms with Gasteiger partial charge in [0.1, 0.15) is 0 Å². The molecule has 0 amide bonds. The highest BCUT2D eigenvalue weighted by Crippen LogP contribution is 2.79. The predicted octanol–water partition coefficient (Wildman–Crippen LogP) is 2.79. The van der Waals surface area contributed by atoms with Crippen LogP contribution in [0, 0.1) is 47.3 Å². The zero-order chi connectivity index (χ0) is 8.03. The highest BCUT2D eigenvalue weighted by atomic mass is 14.8. The van der Waals surface area contributed by atoms with Crippen LogP contribution in [0.15, 0.2) is 0 Å². The Kier molecular flexibility index (Phi) is 0.875. The average molecular weight is 162 g/mol. The van der Waals surface area contributed by atoms with Crippen LogP contribution in [-0.2, 0) is 0 Å². The predicted molar refractivity (Wildman–Crippen MR) is 48.5 cm³/mol. The minimum atomic E-state index is 1.08. The Bertz CT molecular complexity index is 194. The van der Waals surface area contributed by atoms with Crippen LogP contribution in [0.1, 0.15) is 26.7 Å². The lowest BCUT2D eigenvalue weighted by molar-refractivity contribution is -0.330. The Labute approximate surface area is 74.7 Å². The van der Waals surface area contributed by atoms with Gasteiger partial charge < -0.3 is 0 Å². The van der Waals surface area contributed by atoms with Crippen LogP contribution in [0.25, 0.3) is 0 Å². The van der Waals surface area contributed by atoms with Gasteiger partial charge in [-0.25, -0.2) is 0 Å². The van der Waals surface area contributed by atoms with E-state index >= 15 is 0 Å². The average Bonchev–Trinajstić information content (AvgIpc) is 2.02. The Balaban J connectivity index is 1.63. The van der Waals surface area contributed by atoms with E-state index in [0.29, 0.717) is 0 Å². The lowest BCUT2D eigenvalue weighted by Crippen LogP contribution is -2.76. The molecule has 12 heavy (non-hydrogen) atoms. The van der Waals surface area contributed by atoms with Crippen LogP contribution >= 0.6 is 0 Å². The van der Waals surface area contributed by atoms with Crippen LogP contribution in [-0.4, -0.2) is 0 Å². The van der Waals surface area contributed by atoms with Gasteiger partial charge in [-0.1, -0.05) is 13.8 Å². The Hall–Kier alpha value is 0. The first-order valence-corrected chi connectivity index (χ1v) is 5.80. The summed E-state index contributed by atoms with van der Waals surface area (Å²) in [7, 11) is 0. The summed E-state index contributed by atoms with van der Waals surface area (Å²) in [6.45, 7) is 4.99. The van der Waals surface area contributed by atoms with E-state index in [4.69, 9.17) is 0 Å². The fourth-order valence-electron chi connectivity index (χ4n) is 5.34. The van der Waals surface area contributed by atoms with Gasteiger partial charge in [-0.2, -0.15) is 0 Å². The molecule has 0 heteroatoms. The first kappa shape index (κ1) is 6.45. The molecule has 0 radical (unpaired) electrons. The Morgan fingerprint density at radius 3 is 1.42 bits per heavy atom. The van der Waals surface area contributed by atoms with Gasteiger partial charge in [0.05, 0.1) is 0 Å². The summed E-state index contributed by atoms with van der Waals surface area (Å²) in [6, 6.07) is 0. The summed E-state index contributed by atoms with van der Waals surface area (Å²) in [5.41, 5.74) is 0. The molecule has 4 aliphatic carbocycles. The van der Waals surface area contributed by atoms with Crippen molar-refractivity contribution < 1.29 is 0 Å². The van der Waals surface area contributed by atoms with Crippen molar-refractivity contribution in [2.24, 2.45) is 47.3 Å². The molecule has 8 unspecified atom stereocenters. The quantitative estimate of drug-likeness (QED) is 0.514. The van der Waals surface area contributed by atoms with E-state index in [2.05, 4.69) is 13.8 Å². The summed E-state index contributed by atoms with van der Waals surface area (Å²) >= 11 is 0. The van der Waals surface area contributed by atoms with E-state index in [1.807, 2.05) is 0 Å². The van der Waals surface area contributed by atoms with Gasteiger partial charge in [-0.05, 0) is 60.2 Å². The number of rotatable bonds is 0. The second-order valence-corrected chi connectivity index (χ2v) is 5.93. The molecule has 0 aromatic carbocycles. The summed E-state index contributed by atoms with van der Waals surface area (Å²) in [5.74, 6) is 9.49. The van der Waals surface area contributed by atoms with Crippen LogP contribution in [0.5, 0.6) is 0 Å². The molecule has 4 rings (SSSR count). The van der Waals surface area contributed by atoms with Crippen LogP contribution < -0.4 is 0 Å². The van der Waals surface area contributed by atoms with Gasteiger partial charge in [0.2, 0.25) is 0 Å². The molecular formula is C12H18. The molecule has 0 aromatic rings. The molecule has 4 fully saturated rings. The van der Waals surface area contributed by atoms with E-state index in [1.54, 1.807) is 12.8 Å². The van der Waals surface area contributed by atoms with E-state index in [9.17, 15) is 0 Å². The van der Waals surface area contributed by atoms with Gasteiger partial charge in [0.15, 0.2) is 0 Å². The van der Waals surface area contributed by atoms with Crippen molar-refractivity contribution in [2.45, 2.75) is 26.7 Å².